The molecule has 0 aromatic rings. The molecule has 73 heavy (non-hydrogen) atoms. The van der Waals surface area contributed by atoms with Crippen LogP contribution in [0.4, 0.5) is 0 Å². The average molecular weight is 1030 g/mol. The molecule has 6 rings (SSSR count). The standard InChI is InChI=1S/C55H88N2O16/c1-14-41-54(10,67)47(64)33(6)57(13)27-29(2)25-53(9,66)48(31(4)45(63)32(5)49(65)71-41)73-50-46(38(56(11)12)23-30(3)70-50)72-43(62)18-17-42(61)69-28-40(60)55(68)22-20-37-36-16-15-34-24-35(58)19-21-51(34,7)44(36)39(59)26-52(37,55)8/h19,21,24,29-33,36-39,41,44,46-50,59,64-68H,14-18,20,22-23,25-28H2,1-13H3/t29-,30-,31+,32-,33-,36+,37?,38?,39+,41-,44?,46-,47-,48-,49?,50+,51+,52+,53-,54-,55+/m1/s1. The van der Waals surface area contributed by atoms with E-state index >= 15 is 0 Å². The van der Waals surface area contributed by atoms with Gasteiger partial charge in [-0.2, -0.15) is 0 Å². The van der Waals surface area contributed by atoms with Gasteiger partial charge in [0, 0.05) is 35.3 Å². The summed E-state index contributed by atoms with van der Waals surface area (Å²) in [5, 5.41) is 70.8. The molecule has 414 valence electrons. The molecule has 6 aliphatic rings. The van der Waals surface area contributed by atoms with Gasteiger partial charge < -0.3 is 64.1 Å². The van der Waals surface area contributed by atoms with Crippen LogP contribution in [0.25, 0.3) is 0 Å². The molecule has 21 atom stereocenters. The van der Waals surface area contributed by atoms with Gasteiger partial charge in [0.1, 0.15) is 23.1 Å². The van der Waals surface area contributed by atoms with Crippen molar-refractivity contribution in [2.45, 2.75) is 212 Å². The van der Waals surface area contributed by atoms with E-state index in [9.17, 15) is 54.6 Å². The maximum absolute atomic E-state index is 14.4. The Morgan fingerprint density at radius 2 is 1.56 bits per heavy atom. The van der Waals surface area contributed by atoms with Crippen LogP contribution in [0.5, 0.6) is 0 Å². The number of likely N-dealkylation sites (N-methyl/N-ethyl adjacent to an activating group) is 2. The number of allylic oxidation sites excluding steroid dienone is 4. The summed E-state index contributed by atoms with van der Waals surface area (Å²) < 4.78 is 30.5. The maximum atomic E-state index is 14.4. The third kappa shape index (κ3) is 11.7. The highest BCUT2D eigenvalue weighted by Gasteiger charge is 2.68. The molecule has 0 radical (unpaired) electrons. The van der Waals surface area contributed by atoms with Crippen molar-refractivity contribution in [1.29, 1.82) is 0 Å². The number of rotatable bonds is 11. The minimum Gasteiger partial charge on any atom is -0.458 e. The van der Waals surface area contributed by atoms with Crippen molar-refractivity contribution in [2.75, 3.05) is 34.3 Å². The van der Waals surface area contributed by atoms with Crippen molar-refractivity contribution in [2.24, 2.45) is 46.3 Å². The van der Waals surface area contributed by atoms with Crippen LogP contribution in [0.15, 0.2) is 23.8 Å². The number of Topliss-reactive ketones (excluding diaryl/α,β-unsaturated/α-hetero) is 2. The van der Waals surface area contributed by atoms with Crippen molar-refractivity contribution in [3.8, 4) is 0 Å². The molecule has 18 nitrogen and oxygen atoms in total. The first kappa shape index (κ1) is 59.2. The van der Waals surface area contributed by atoms with Crippen molar-refractivity contribution in [3.63, 3.8) is 0 Å². The normalized spacial score (nSPS) is 46.1. The summed E-state index contributed by atoms with van der Waals surface area (Å²) >= 11 is 0. The van der Waals surface area contributed by atoms with E-state index in [1.807, 2.05) is 36.6 Å². The molecule has 2 saturated heterocycles. The Morgan fingerprint density at radius 1 is 0.904 bits per heavy atom. The van der Waals surface area contributed by atoms with Crippen LogP contribution >= 0.6 is 0 Å². The highest BCUT2D eigenvalue weighted by Crippen LogP contribution is 2.67. The largest absolute Gasteiger partial charge is 0.458 e. The Kier molecular flexibility index (Phi) is 18.3. The molecular weight excluding hydrogens is 945 g/mol. The number of hydrogen-bond acceptors (Lipinski definition) is 18. The van der Waals surface area contributed by atoms with Gasteiger partial charge >= 0.3 is 11.9 Å². The zero-order chi connectivity index (χ0) is 54.5. The lowest BCUT2D eigenvalue weighted by molar-refractivity contribution is -0.296. The molecule has 0 spiro atoms. The first-order chi connectivity index (χ1) is 33.8. The number of esters is 2. The predicted octanol–water partition coefficient (Wildman–Crippen LogP) is 3.43. The Morgan fingerprint density at radius 3 is 2.21 bits per heavy atom. The SMILES string of the molecule is CC[C@H]1OC(O)[C@H](C)C(=O)[C@H](C)[C@@H](O[C@@H]2O[C@H](C)CC(N(C)C)[C@H]2OC(=O)CCC(=O)OCC(=O)[C@@]2(O)CCC3[C@@H]4CCC5=CC(=O)C=C[C@]5(C)C4[C@@H](O)C[C@@]32C)[C@](C)(O)C[C@@H](C)CN(C)[C@H](C)[C@@H](O)[C@]1(C)O. The van der Waals surface area contributed by atoms with E-state index in [-0.39, 0.29) is 55.1 Å². The number of ketones is 3. The second-order valence-corrected chi connectivity index (χ2v) is 24.2. The third-order valence-corrected chi connectivity index (χ3v) is 18.6. The van der Waals surface area contributed by atoms with Crippen molar-refractivity contribution in [1.82, 2.24) is 9.80 Å². The minimum absolute atomic E-state index is 0.00853. The monoisotopic (exact) mass is 1030 g/mol. The maximum Gasteiger partial charge on any atom is 0.306 e. The summed E-state index contributed by atoms with van der Waals surface area (Å²) in [5.41, 5.74) is -5.92. The molecule has 0 aromatic heterocycles. The number of nitrogens with zero attached hydrogens (tertiary/aromatic N) is 2. The smallest absolute Gasteiger partial charge is 0.306 e. The molecule has 0 bridgehead atoms. The Hall–Kier alpha value is -3.01. The molecule has 18 heteroatoms. The lowest BCUT2D eigenvalue weighted by atomic mass is 9.46. The van der Waals surface area contributed by atoms with Crippen molar-refractivity contribution >= 4 is 29.3 Å². The number of carbonyl (C=O) groups is 5. The van der Waals surface area contributed by atoms with E-state index < -0.39 is 144 Å². The Balaban J connectivity index is 1.14. The van der Waals surface area contributed by atoms with E-state index in [1.54, 1.807) is 61.0 Å². The van der Waals surface area contributed by atoms with Crippen LogP contribution in [0.2, 0.25) is 0 Å². The Bertz CT molecular complexity index is 2090. The summed E-state index contributed by atoms with van der Waals surface area (Å²) in [7, 11) is 5.39. The fourth-order valence-corrected chi connectivity index (χ4v) is 14.4. The summed E-state index contributed by atoms with van der Waals surface area (Å²) in [4.78, 5) is 71.3. The number of aliphatic hydroxyl groups is 6. The van der Waals surface area contributed by atoms with Crippen LogP contribution in [0, 0.1) is 46.3 Å². The molecule has 4 aliphatic carbocycles. The molecule has 0 amide bonds. The van der Waals surface area contributed by atoms with E-state index in [4.69, 9.17) is 23.7 Å². The minimum atomic E-state index is -1.87. The predicted molar refractivity (Wildman–Crippen MR) is 267 cm³/mol. The van der Waals surface area contributed by atoms with E-state index in [0.717, 1.165) is 5.57 Å². The fraction of sp³-hybridized carbons (Fsp3) is 0.836. The van der Waals surface area contributed by atoms with Gasteiger partial charge in [0.2, 0.25) is 5.78 Å². The van der Waals surface area contributed by atoms with Crippen LogP contribution in [-0.4, -0.2) is 182 Å². The molecule has 2 aliphatic heterocycles. The second kappa shape index (κ2) is 22.5. The van der Waals surface area contributed by atoms with Gasteiger partial charge in [0.05, 0.1) is 54.8 Å². The molecular formula is C55H88N2O16. The molecule has 4 unspecified atom stereocenters. The van der Waals surface area contributed by atoms with Gasteiger partial charge in [-0.25, -0.2) is 0 Å². The lowest BCUT2D eigenvalue weighted by Crippen LogP contribution is -2.61. The number of carbonyl (C=O) groups excluding carboxylic acids is 5. The highest BCUT2D eigenvalue weighted by atomic mass is 16.7. The zero-order valence-corrected chi connectivity index (χ0v) is 45.6. The number of fused-ring (bicyclic) bond motifs is 5. The first-order valence-electron chi connectivity index (χ1n) is 26.7. The van der Waals surface area contributed by atoms with E-state index in [2.05, 4.69) is 6.92 Å². The quantitative estimate of drug-likeness (QED) is 0.162. The van der Waals surface area contributed by atoms with Crippen LogP contribution in [0.1, 0.15) is 133 Å². The van der Waals surface area contributed by atoms with Gasteiger partial charge in [-0.1, -0.05) is 53.2 Å². The van der Waals surface area contributed by atoms with Gasteiger partial charge in [-0.15, -0.1) is 0 Å². The molecule has 0 aromatic carbocycles. The fourth-order valence-electron chi connectivity index (χ4n) is 14.4. The molecule has 2 heterocycles. The van der Waals surface area contributed by atoms with Gasteiger partial charge in [-0.05, 0) is 130 Å². The molecule has 3 saturated carbocycles. The van der Waals surface area contributed by atoms with E-state index in [1.165, 1.54) is 13.8 Å². The summed E-state index contributed by atoms with van der Waals surface area (Å²) in [5.74, 6) is -5.76. The summed E-state index contributed by atoms with van der Waals surface area (Å²) in [6, 6.07) is -1.08. The number of aliphatic hydroxyl groups excluding tert-OH is 3. The summed E-state index contributed by atoms with van der Waals surface area (Å²) in [6.45, 7) is 16.8. The topological polar surface area (TPSA) is 259 Å². The summed E-state index contributed by atoms with van der Waals surface area (Å²) in [6.07, 6.45) is -1.96. The first-order valence-corrected chi connectivity index (χ1v) is 26.7. The van der Waals surface area contributed by atoms with Crippen LogP contribution < -0.4 is 0 Å². The zero-order valence-electron chi connectivity index (χ0n) is 45.6. The van der Waals surface area contributed by atoms with Gasteiger partial charge in [0.25, 0.3) is 0 Å². The second-order valence-electron chi connectivity index (χ2n) is 24.2. The number of ether oxygens (including phenoxy) is 5. The van der Waals surface area contributed by atoms with Crippen LogP contribution in [0.3, 0.4) is 0 Å². The van der Waals surface area contributed by atoms with E-state index in [0.29, 0.717) is 32.2 Å². The average Bonchev–Trinajstić information content (AvgIpc) is 3.59. The van der Waals surface area contributed by atoms with Crippen LogP contribution in [-0.2, 0) is 47.7 Å². The Labute approximate surface area is 432 Å². The number of hydrogen-bond donors (Lipinski definition) is 6. The molecule has 5 fully saturated rings. The van der Waals surface area contributed by atoms with Gasteiger partial charge in [0.15, 0.2) is 31.1 Å². The van der Waals surface area contributed by atoms with Crippen molar-refractivity contribution in [3.05, 3.63) is 23.8 Å². The lowest BCUT2D eigenvalue weighted by Gasteiger charge is -2.59. The van der Waals surface area contributed by atoms with Gasteiger partial charge in [-0.3, -0.25) is 24.0 Å². The van der Waals surface area contributed by atoms with Crippen molar-refractivity contribution < 1.29 is 78.3 Å². The highest BCUT2D eigenvalue weighted by molar-refractivity contribution is 6.01. The third-order valence-electron chi connectivity index (χ3n) is 18.6. The molecule has 6 N–H and O–H groups in total.